The summed E-state index contributed by atoms with van der Waals surface area (Å²) in [5.74, 6) is -2.93. The van der Waals surface area contributed by atoms with Crippen molar-refractivity contribution in [1.82, 2.24) is 9.80 Å². The van der Waals surface area contributed by atoms with E-state index in [2.05, 4.69) is 0 Å². The van der Waals surface area contributed by atoms with Crippen LogP contribution in [0.4, 0.5) is 4.39 Å². The molecule has 9 heteroatoms. The number of amides is 1. The summed E-state index contributed by atoms with van der Waals surface area (Å²) in [7, 11) is 4.98. The molecular formula is C22H22ClFN2O5. The fourth-order valence-corrected chi connectivity index (χ4v) is 3.66. The Morgan fingerprint density at radius 2 is 1.94 bits per heavy atom. The standard InChI is InChI=1S/C22H22ClFN2O5/c1-25(2)8-9-26-19(12-4-6-16(27)15(23)10-12)18(21(29)22(26)30)20(28)14-11-13(24)5-7-17(14)31-3/h4-7,10-11,19,27-28H,8-9H2,1-3H3/b20-18+. The van der Waals surface area contributed by atoms with Crippen molar-refractivity contribution in [2.24, 2.45) is 0 Å². The monoisotopic (exact) mass is 448 g/mol. The number of carbonyl (C=O) groups excluding carboxylic acids is 2. The van der Waals surface area contributed by atoms with Crippen molar-refractivity contribution in [3.63, 3.8) is 0 Å². The highest BCUT2D eigenvalue weighted by atomic mass is 35.5. The number of phenols is 1. The average molecular weight is 449 g/mol. The maximum Gasteiger partial charge on any atom is 0.295 e. The molecule has 0 spiro atoms. The van der Waals surface area contributed by atoms with Crippen LogP contribution in [0.25, 0.3) is 5.76 Å². The number of hydrogen-bond acceptors (Lipinski definition) is 6. The molecule has 0 radical (unpaired) electrons. The van der Waals surface area contributed by atoms with Crippen LogP contribution in [0.15, 0.2) is 42.0 Å². The first kappa shape index (κ1) is 22.6. The molecule has 1 saturated heterocycles. The first-order chi connectivity index (χ1) is 14.6. The fourth-order valence-electron chi connectivity index (χ4n) is 3.47. The van der Waals surface area contributed by atoms with Crippen LogP contribution in [-0.4, -0.2) is 66.0 Å². The van der Waals surface area contributed by atoms with Crippen molar-refractivity contribution < 1.29 is 28.9 Å². The topological polar surface area (TPSA) is 90.3 Å². The third-order valence-electron chi connectivity index (χ3n) is 5.03. The van der Waals surface area contributed by atoms with Crippen LogP contribution >= 0.6 is 11.6 Å². The summed E-state index contributed by atoms with van der Waals surface area (Å²) in [5.41, 5.74) is 0.148. The highest BCUT2D eigenvalue weighted by Gasteiger charge is 2.46. The van der Waals surface area contributed by atoms with E-state index in [1.54, 1.807) is 0 Å². The number of aliphatic hydroxyl groups is 1. The number of Topliss-reactive ketones (excluding diaryl/α,β-unsaturated/α-hetero) is 1. The van der Waals surface area contributed by atoms with Gasteiger partial charge < -0.3 is 24.7 Å². The van der Waals surface area contributed by atoms with E-state index in [9.17, 15) is 24.2 Å². The van der Waals surface area contributed by atoms with Crippen LogP contribution in [0, 0.1) is 5.82 Å². The molecule has 2 aromatic carbocycles. The molecule has 1 amide bonds. The van der Waals surface area contributed by atoms with E-state index in [1.807, 2.05) is 19.0 Å². The lowest BCUT2D eigenvalue weighted by molar-refractivity contribution is -0.140. The van der Waals surface area contributed by atoms with Crippen molar-refractivity contribution >= 4 is 29.1 Å². The van der Waals surface area contributed by atoms with E-state index < -0.39 is 29.3 Å². The molecular weight excluding hydrogens is 427 g/mol. The van der Waals surface area contributed by atoms with Crippen LogP contribution in [0.3, 0.4) is 0 Å². The van der Waals surface area contributed by atoms with Gasteiger partial charge in [0.25, 0.3) is 11.7 Å². The molecule has 164 valence electrons. The Hall–Kier alpha value is -3.10. The molecule has 1 aliphatic rings. The number of aliphatic hydroxyl groups excluding tert-OH is 1. The van der Waals surface area contributed by atoms with Crippen molar-refractivity contribution in [2.75, 3.05) is 34.3 Å². The van der Waals surface area contributed by atoms with Crippen molar-refractivity contribution in [3.05, 3.63) is 63.9 Å². The molecule has 7 nitrogen and oxygen atoms in total. The van der Waals surface area contributed by atoms with E-state index in [1.165, 1.54) is 36.3 Å². The van der Waals surface area contributed by atoms with Gasteiger partial charge in [-0.3, -0.25) is 9.59 Å². The summed E-state index contributed by atoms with van der Waals surface area (Å²) < 4.78 is 19.1. The zero-order valence-electron chi connectivity index (χ0n) is 17.2. The van der Waals surface area contributed by atoms with Gasteiger partial charge in [0, 0.05) is 13.1 Å². The van der Waals surface area contributed by atoms with Gasteiger partial charge in [0.05, 0.1) is 29.3 Å². The van der Waals surface area contributed by atoms with Gasteiger partial charge in [0.15, 0.2) is 0 Å². The minimum Gasteiger partial charge on any atom is -0.507 e. The smallest absolute Gasteiger partial charge is 0.295 e. The second kappa shape index (κ2) is 8.95. The van der Waals surface area contributed by atoms with E-state index in [0.29, 0.717) is 12.1 Å². The van der Waals surface area contributed by atoms with E-state index in [0.717, 1.165) is 12.1 Å². The number of ether oxygens (including phenoxy) is 1. The number of benzene rings is 2. The van der Waals surface area contributed by atoms with Gasteiger partial charge >= 0.3 is 0 Å². The Morgan fingerprint density at radius 1 is 1.23 bits per heavy atom. The number of ketones is 1. The van der Waals surface area contributed by atoms with Crippen LogP contribution in [0.1, 0.15) is 17.2 Å². The number of rotatable bonds is 6. The summed E-state index contributed by atoms with van der Waals surface area (Å²) in [6.45, 7) is 0.649. The molecule has 1 aliphatic heterocycles. The predicted octanol–water partition coefficient (Wildman–Crippen LogP) is 3.18. The van der Waals surface area contributed by atoms with Crippen LogP contribution < -0.4 is 4.74 Å². The van der Waals surface area contributed by atoms with Crippen LogP contribution in [0.5, 0.6) is 11.5 Å². The lowest BCUT2D eigenvalue weighted by Crippen LogP contribution is -2.35. The predicted molar refractivity (Wildman–Crippen MR) is 114 cm³/mol. The highest BCUT2D eigenvalue weighted by molar-refractivity contribution is 6.46. The molecule has 31 heavy (non-hydrogen) atoms. The zero-order chi connectivity index (χ0) is 22.9. The van der Waals surface area contributed by atoms with E-state index >= 15 is 0 Å². The van der Waals surface area contributed by atoms with Gasteiger partial charge in [-0.25, -0.2) is 4.39 Å². The molecule has 3 rings (SSSR count). The number of likely N-dealkylation sites (N-methyl/N-ethyl adjacent to an activating group) is 1. The number of methoxy groups -OCH3 is 1. The molecule has 1 unspecified atom stereocenters. The van der Waals surface area contributed by atoms with Gasteiger partial charge in [-0.05, 0) is 50.0 Å². The Kier molecular flexibility index (Phi) is 6.52. The quantitative estimate of drug-likeness (QED) is 0.401. The zero-order valence-corrected chi connectivity index (χ0v) is 18.0. The number of likely N-dealkylation sites (tertiary alicyclic amines) is 1. The van der Waals surface area contributed by atoms with E-state index in [-0.39, 0.29) is 34.2 Å². The van der Waals surface area contributed by atoms with E-state index in [4.69, 9.17) is 16.3 Å². The van der Waals surface area contributed by atoms with Crippen LogP contribution in [-0.2, 0) is 9.59 Å². The number of halogens is 2. The largest absolute Gasteiger partial charge is 0.507 e. The van der Waals surface area contributed by atoms with Crippen molar-refractivity contribution in [2.45, 2.75) is 6.04 Å². The molecule has 1 atom stereocenters. The number of carbonyl (C=O) groups is 2. The Labute approximate surface area is 183 Å². The van der Waals surface area contributed by atoms with Crippen molar-refractivity contribution in [3.8, 4) is 11.5 Å². The average Bonchev–Trinajstić information content (AvgIpc) is 2.98. The fraction of sp³-hybridized carbons (Fsp3) is 0.273. The maximum absolute atomic E-state index is 13.9. The molecule has 2 N–H and O–H groups in total. The molecule has 0 bridgehead atoms. The molecule has 0 saturated carbocycles. The second-order valence-electron chi connectivity index (χ2n) is 7.35. The minimum absolute atomic E-state index is 0.0269. The summed E-state index contributed by atoms with van der Waals surface area (Å²) >= 11 is 6.06. The summed E-state index contributed by atoms with van der Waals surface area (Å²) in [4.78, 5) is 29.0. The third-order valence-corrected chi connectivity index (χ3v) is 5.33. The Bertz CT molecular complexity index is 1070. The van der Waals surface area contributed by atoms with Gasteiger partial charge in [-0.2, -0.15) is 0 Å². The lowest BCUT2D eigenvalue weighted by Gasteiger charge is -2.27. The highest BCUT2D eigenvalue weighted by Crippen LogP contribution is 2.42. The van der Waals surface area contributed by atoms with Gasteiger partial charge in [0.1, 0.15) is 23.1 Å². The number of aromatic hydroxyl groups is 1. The summed E-state index contributed by atoms with van der Waals surface area (Å²) in [6.07, 6.45) is 0. The first-order valence-corrected chi connectivity index (χ1v) is 9.79. The van der Waals surface area contributed by atoms with Crippen LogP contribution in [0.2, 0.25) is 5.02 Å². The van der Waals surface area contributed by atoms with Gasteiger partial charge in [0.2, 0.25) is 0 Å². The second-order valence-corrected chi connectivity index (χ2v) is 7.76. The number of hydrogen-bond donors (Lipinski definition) is 2. The van der Waals surface area contributed by atoms with Gasteiger partial charge in [-0.15, -0.1) is 0 Å². The summed E-state index contributed by atoms with van der Waals surface area (Å²) in [6, 6.07) is 6.80. The molecule has 1 heterocycles. The normalized spacial score (nSPS) is 18.1. The number of phenolic OH excluding ortho intramolecular Hbond substituents is 1. The summed E-state index contributed by atoms with van der Waals surface area (Å²) in [5, 5.41) is 20.8. The maximum atomic E-state index is 13.9. The number of nitrogens with zero attached hydrogens (tertiary/aromatic N) is 2. The molecule has 0 aliphatic carbocycles. The minimum atomic E-state index is -0.981. The van der Waals surface area contributed by atoms with Crippen molar-refractivity contribution in [1.29, 1.82) is 0 Å². The lowest BCUT2D eigenvalue weighted by atomic mass is 9.95. The van der Waals surface area contributed by atoms with Gasteiger partial charge in [-0.1, -0.05) is 17.7 Å². The molecule has 1 fully saturated rings. The molecule has 0 aromatic heterocycles. The Morgan fingerprint density at radius 3 is 2.55 bits per heavy atom. The third kappa shape index (κ3) is 4.35. The molecule has 2 aromatic rings. The SMILES string of the molecule is COc1ccc(F)cc1/C(O)=C1\C(=O)C(=O)N(CCN(C)C)C1c1ccc(O)c(Cl)c1. The first-order valence-electron chi connectivity index (χ1n) is 9.41. The Balaban J connectivity index is 2.23.